The Morgan fingerprint density at radius 1 is 1.17 bits per heavy atom. The SMILES string of the molecule is CC1=C(O[Si](C)(C)C(C)(C)C)C2CCC1ON2c1ccc(C)nn1. The Kier molecular flexibility index (Phi) is 4.24. The summed E-state index contributed by atoms with van der Waals surface area (Å²) in [7, 11) is -1.89. The van der Waals surface area contributed by atoms with E-state index < -0.39 is 8.32 Å². The second kappa shape index (κ2) is 5.84. The van der Waals surface area contributed by atoms with Crippen molar-refractivity contribution < 1.29 is 9.26 Å². The van der Waals surface area contributed by atoms with E-state index in [4.69, 9.17) is 9.26 Å². The lowest BCUT2D eigenvalue weighted by molar-refractivity contribution is -0.0235. The van der Waals surface area contributed by atoms with E-state index >= 15 is 0 Å². The van der Waals surface area contributed by atoms with Gasteiger partial charge in [0, 0.05) is 0 Å². The Balaban J connectivity index is 1.92. The Morgan fingerprint density at radius 3 is 2.46 bits per heavy atom. The topological polar surface area (TPSA) is 47.5 Å². The monoisotopic (exact) mass is 347 g/mol. The highest BCUT2D eigenvalue weighted by atomic mass is 28.4. The molecule has 0 radical (unpaired) electrons. The molecule has 2 atom stereocenters. The van der Waals surface area contributed by atoms with Gasteiger partial charge in [0.1, 0.15) is 17.9 Å². The molecule has 1 aliphatic carbocycles. The third kappa shape index (κ3) is 2.97. The Bertz CT molecular complexity index is 649. The summed E-state index contributed by atoms with van der Waals surface area (Å²) in [6.45, 7) is 15.5. The van der Waals surface area contributed by atoms with Gasteiger partial charge in [-0.05, 0) is 62.5 Å². The molecule has 2 aliphatic heterocycles. The van der Waals surface area contributed by atoms with Crippen molar-refractivity contribution in [1.29, 1.82) is 0 Å². The number of hydrogen-bond donors (Lipinski definition) is 0. The zero-order valence-corrected chi connectivity index (χ0v) is 16.9. The molecule has 132 valence electrons. The molecule has 1 saturated heterocycles. The van der Waals surface area contributed by atoms with Gasteiger partial charge in [-0.2, -0.15) is 5.10 Å². The van der Waals surface area contributed by atoms with Crippen LogP contribution >= 0.6 is 0 Å². The molecule has 1 aromatic rings. The van der Waals surface area contributed by atoms with Crippen LogP contribution in [0.2, 0.25) is 18.1 Å². The third-order valence-corrected chi connectivity index (χ3v) is 9.92. The first kappa shape index (κ1) is 17.4. The first-order chi connectivity index (χ1) is 11.1. The molecule has 24 heavy (non-hydrogen) atoms. The molecule has 2 unspecified atom stereocenters. The summed E-state index contributed by atoms with van der Waals surface area (Å²) in [6, 6.07) is 4.04. The van der Waals surface area contributed by atoms with Crippen LogP contribution in [0.5, 0.6) is 0 Å². The van der Waals surface area contributed by atoms with Gasteiger partial charge in [-0.15, -0.1) is 5.10 Å². The van der Waals surface area contributed by atoms with Gasteiger partial charge < -0.3 is 4.43 Å². The molecule has 1 fully saturated rings. The first-order valence-electron chi connectivity index (χ1n) is 8.76. The first-order valence-corrected chi connectivity index (χ1v) is 11.7. The number of rotatable bonds is 3. The fourth-order valence-corrected chi connectivity index (χ4v) is 4.10. The maximum atomic E-state index is 6.71. The van der Waals surface area contributed by atoms with Crippen LogP contribution in [0.15, 0.2) is 23.5 Å². The van der Waals surface area contributed by atoms with Crippen molar-refractivity contribution in [3.63, 3.8) is 0 Å². The van der Waals surface area contributed by atoms with Crippen LogP contribution in [0.3, 0.4) is 0 Å². The molecule has 1 aromatic heterocycles. The van der Waals surface area contributed by atoms with Gasteiger partial charge >= 0.3 is 0 Å². The molecule has 0 spiro atoms. The Hall–Kier alpha value is -1.40. The normalized spacial score (nSPS) is 24.5. The zero-order valence-electron chi connectivity index (χ0n) is 15.9. The van der Waals surface area contributed by atoms with Crippen molar-refractivity contribution in [3.05, 3.63) is 29.2 Å². The lowest BCUT2D eigenvalue weighted by Crippen LogP contribution is -2.54. The molecule has 5 nitrogen and oxygen atoms in total. The molecule has 0 aromatic carbocycles. The minimum Gasteiger partial charge on any atom is -0.545 e. The number of nitrogens with zero attached hydrogens (tertiary/aromatic N) is 3. The predicted octanol–water partition coefficient (Wildman–Crippen LogP) is 4.36. The highest BCUT2D eigenvalue weighted by molar-refractivity contribution is 6.74. The Labute approximate surface area is 146 Å². The average Bonchev–Trinajstić information content (AvgIpc) is 2.50. The number of hydrogen-bond acceptors (Lipinski definition) is 5. The van der Waals surface area contributed by atoms with Gasteiger partial charge in [0.15, 0.2) is 5.82 Å². The van der Waals surface area contributed by atoms with Gasteiger partial charge in [-0.25, -0.2) is 5.06 Å². The molecule has 4 rings (SSSR count). The molecule has 6 heteroatoms. The van der Waals surface area contributed by atoms with Crippen molar-refractivity contribution in [1.82, 2.24) is 10.2 Å². The van der Waals surface area contributed by atoms with E-state index in [0.717, 1.165) is 30.1 Å². The number of anilines is 1. The van der Waals surface area contributed by atoms with E-state index in [9.17, 15) is 0 Å². The predicted molar refractivity (Wildman–Crippen MR) is 98.1 cm³/mol. The summed E-state index contributed by atoms with van der Waals surface area (Å²) in [5.74, 6) is 1.87. The van der Waals surface area contributed by atoms with Crippen LogP contribution in [0, 0.1) is 6.92 Å². The van der Waals surface area contributed by atoms with Crippen molar-refractivity contribution >= 4 is 14.1 Å². The number of aryl methyl sites for hydroxylation is 1. The molecule has 0 amide bonds. The number of hydroxylamine groups is 1. The van der Waals surface area contributed by atoms with E-state index in [1.54, 1.807) is 0 Å². The summed E-state index contributed by atoms with van der Waals surface area (Å²) < 4.78 is 6.71. The van der Waals surface area contributed by atoms with Crippen LogP contribution in [0.4, 0.5) is 5.82 Å². The summed E-state index contributed by atoms with van der Waals surface area (Å²) >= 11 is 0. The second-order valence-corrected chi connectivity index (χ2v) is 13.2. The minimum atomic E-state index is -1.89. The summed E-state index contributed by atoms with van der Waals surface area (Å²) in [6.07, 6.45) is 2.15. The summed E-state index contributed by atoms with van der Waals surface area (Å²) in [5, 5.41) is 10.6. The van der Waals surface area contributed by atoms with E-state index in [0.29, 0.717) is 0 Å². The molecule has 0 saturated carbocycles. The molecule has 0 N–H and O–H groups in total. The van der Waals surface area contributed by atoms with E-state index in [-0.39, 0.29) is 17.2 Å². The molecule has 3 heterocycles. The van der Waals surface area contributed by atoms with Crippen molar-refractivity contribution in [2.24, 2.45) is 0 Å². The maximum absolute atomic E-state index is 6.71. The van der Waals surface area contributed by atoms with Crippen LogP contribution in [0.25, 0.3) is 0 Å². The van der Waals surface area contributed by atoms with Crippen molar-refractivity contribution in [2.75, 3.05) is 5.06 Å². The maximum Gasteiger partial charge on any atom is 0.250 e. The standard InChI is InChI=1S/C18H29N3O2Si/c1-12-8-11-16(20-19-12)21-14-9-10-15(22-21)13(2)17(14)23-24(6,7)18(3,4)5/h8,11,14-15H,9-10H2,1-7H3. The second-order valence-electron chi connectivity index (χ2n) is 8.46. The fourth-order valence-electron chi connectivity index (χ4n) is 2.94. The van der Waals surface area contributed by atoms with Gasteiger partial charge in [0.05, 0.1) is 5.69 Å². The summed E-state index contributed by atoms with van der Waals surface area (Å²) in [4.78, 5) is 6.16. The average molecular weight is 348 g/mol. The third-order valence-electron chi connectivity index (χ3n) is 5.58. The van der Waals surface area contributed by atoms with Crippen LogP contribution in [-0.2, 0) is 9.26 Å². The molecule has 2 bridgehead atoms. The largest absolute Gasteiger partial charge is 0.545 e. The highest BCUT2D eigenvalue weighted by Crippen LogP contribution is 2.44. The highest BCUT2D eigenvalue weighted by Gasteiger charge is 2.47. The van der Waals surface area contributed by atoms with Crippen LogP contribution in [-0.4, -0.2) is 30.7 Å². The van der Waals surface area contributed by atoms with Gasteiger partial charge in [0.2, 0.25) is 8.32 Å². The van der Waals surface area contributed by atoms with Crippen molar-refractivity contribution in [2.45, 2.75) is 77.7 Å². The van der Waals surface area contributed by atoms with Gasteiger partial charge in [-0.3, -0.25) is 4.84 Å². The lowest BCUT2D eigenvalue weighted by atomic mass is 9.90. The smallest absolute Gasteiger partial charge is 0.250 e. The quantitative estimate of drug-likeness (QED) is 0.760. The van der Waals surface area contributed by atoms with E-state index in [1.165, 1.54) is 5.57 Å². The minimum absolute atomic E-state index is 0.0814. The number of aromatic nitrogens is 2. The fraction of sp³-hybridized carbons (Fsp3) is 0.667. The lowest BCUT2D eigenvalue weighted by Gasteiger charge is -2.49. The number of fused-ring (bicyclic) bond motifs is 2. The van der Waals surface area contributed by atoms with E-state index in [1.807, 2.05) is 24.1 Å². The Morgan fingerprint density at radius 2 is 1.88 bits per heavy atom. The molecular formula is C18H29N3O2Si. The molecular weight excluding hydrogens is 318 g/mol. The van der Waals surface area contributed by atoms with Crippen LogP contribution in [0.1, 0.15) is 46.2 Å². The van der Waals surface area contributed by atoms with Crippen LogP contribution < -0.4 is 5.06 Å². The molecule has 3 aliphatic rings. The van der Waals surface area contributed by atoms with E-state index in [2.05, 4.69) is 51.0 Å². The summed E-state index contributed by atoms with van der Waals surface area (Å²) in [5.41, 5.74) is 2.15. The zero-order chi connectivity index (χ0) is 17.7. The van der Waals surface area contributed by atoms with Crippen molar-refractivity contribution in [3.8, 4) is 0 Å². The van der Waals surface area contributed by atoms with Gasteiger partial charge in [-0.1, -0.05) is 20.8 Å². The van der Waals surface area contributed by atoms with Gasteiger partial charge in [0.25, 0.3) is 0 Å².